The number of ether oxygens (including phenoxy) is 2. The van der Waals surface area contributed by atoms with E-state index < -0.39 is 0 Å². The molecular formula is C27H31N5O3S. The number of pyridine rings is 1. The first-order chi connectivity index (χ1) is 17.7. The number of esters is 1. The van der Waals surface area contributed by atoms with Crippen molar-refractivity contribution < 1.29 is 14.3 Å². The molecule has 1 N–H and O–H groups in total. The standard InChI is InChI=1S/C27H31N5O3S/c1-34-26(33)20-8-10-21(11-9-20)31-14-4-7-23(31)25-24(22-6-2-3-12-28-22)29-27(36)32(25)15-5-13-30-16-18-35-19-17-30/h2-4,6-12,14,24-25H,5,13,15-19H2,1H3,(H,29,36)/t24-,25+/m0/s1. The maximum atomic E-state index is 11.9. The predicted molar refractivity (Wildman–Crippen MR) is 141 cm³/mol. The second kappa shape index (κ2) is 11.2. The Balaban J connectivity index is 1.43. The molecule has 0 radical (unpaired) electrons. The van der Waals surface area contributed by atoms with Crippen LogP contribution >= 0.6 is 12.2 Å². The van der Waals surface area contributed by atoms with Gasteiger partial charge in [0.1, 0.15) is 0 Å². The van der Waals surface area contributed by atoms with Crippen LogP contribution in [-0.2, 0) is 9.47 Å². The van der Waals surface area contributed by atoms with Crippen LogP contribution in [0.15, 0.2) is 67.0 Å². The Hall–Kier alpha value is -3.27. The van der Waals surface area contributed by atoms with Gasteiger partial charge in [0.2, 0.25) is 0 Å². The van der Waals surface area contributed by atoms with Crippen LogP contribution in [0.2, 0.25) is 0 Å². The van der Waals surface area contributed by atoms with Crippen molar-refractivity contribution in [1.82, 2.24) is 24.7 Å². The lowest BCUT2D eigenvalue weighted by molar-refractivity contribution is 0.0365. The van der Waals surface area contributed by atoms with Crippen LogP contribution in [0.4, 0.5) is 0 Å². The van der Waals surface area contributed by atoms with Gasteiger partial charge in [0, 0.05) is 50.0 Å². The number of nitrogens with one attached hydrogen (secondary N) is 1. The summed E-state index contributed by atoms with van der Waals surface area (Å²) in [6.07, 6.45) is 4.87. The molecule has 8 nitrogen and oxygen atoms in total. The van der Waals surface area contributed by atoms with E-state index in [1.807, 2.05) is 48.8 Å². The van der Waals surface area contributed by atoms with Gasteiger partial charge in [0.25, 0.3) is 0 Å². The highest BCUT2D eigenvalue weighted by Crippen LogP contribution is 2.39. The summed E-state index contributed by atoms with van der Waals surface area (Å²) in [5.41, 5.74) is 3.55. The number of aromatic nitrogens is 2. The fourth-order valence-electron chi connectivity index (χ4n) is 5.00. The number of methoxy groups -OCH3 is 1. The smallest absolute Gasteiger partial charge is 0.337 e. The second-order valence-corrected chi connectivity index (χ2v) is 9.36. The topological polar surface area (TPSA) is 71.9 Å². The zero-order valence-corrected chi connectivity index (χ0v) is 21.2. The molecular weight excluding hydrogens is 474 g/mol. The fourth-order valence-corrected chi connectivity index (χ4v) is 5.34. The van der Waals surface area contributed by atoms with E-state index in [0.717, 1.165) is 68.0 Å². The largest absolute Gasteiger partial charge is 0.465 e. The molecule has 0 amide bonds. The molecule has 36 heavy (non-hydrogen) atoms. The normalized spacial score (nSPS) is 20.4. The van der Waals surface area contributed by atoms with Gasteiger partial charge in [-0.25, -0.2) is 4.79 Å². The van der Waals surface area contributed by atoms with Gasteiger partial charge in [-0.15, -0.1) is 0 Å². The summed E-state index contributed by atoms with van der Waals surface area (Å²) in [4.78, 5) is 21.3. The number of rotatable bonds is 8. The summed E-state index contributed by atoms with van der Waals surface area (Å²) in [5.74, 6) is -0.346. The van der Waals surface area contributed by atoms with Crippen molar-refractivity contribution in [2.24, 2.45) is 0 Å². The van der Waals surface area contributed by atoms with E-state index in [0.29, 0.717) is 5.56 Å². The van der Waals surface area contributed by atoms with E-state index in [-0.39, 0.29) is 18.1 Å². The number of hydrogen-bond donors (Lipinski definition) is 1. The Morgan fingerprint density at radius 1 is 1.11 bits per heavy atom. The molecule has 0 unspecified atom stereocenters. The maximum absolute atomic E-state index is 11.9. The molecule has 2 saturated heterocycles. The third-order valence-electron chi connectivity index (χ3n) is 6.82. The lowest BCUT2D eigenvalue weighted by atomic mass is 10.0. The molecule has 3 aromatic rings. The minimum absolute atomic E-state index is 0.0348. The third kappa shape index (κ3) is 5.13. The fraction of sp³-hybridized carbons (Fsp3) is 0.370. The summed E-state index contributed by atoms with van der Waals surface area (Å²) < 4.78 is 12.5. The average Bonchev–Trinajstić information content (AvgIpc) is 3.54. The van der Waals surface area contributed by atoms with Crippen molar-refractivity contribution >= 4 is 23.3 Å². The second-order valence-electron chi connectivity index (χ2n) is 8.97. The van der Waals surface area contributed by atoms with E-state index in [9.17, 15) is 4.79 Å². The van der Waals surface area contributed by atoms with Crippen LogP contribution in [0.5, 0.6) is 0 Å². The minimum Gasteiger partial charge on any atom is -0.465 e. The lowest BCUT2D eigenvalue weighted by Crippen LogP contribution is -2.39. The number of carbonyl (C=O) groups is 1. The van der Waals surface area contributed by atoms with Crippen molar-refractivity contribution in [2.45, 2.75) is 18.5 Å². The molecule has 2 aromatic heterocycles. The number of hydrogen-bond acceptors (Lipinski definition) is 6. The maximum Gasteiger partial charge on any atom is 0.337 e. The Labute approximate surface area is 216 Å². The van der Waals surface area contributed by atoms with Crippen molar-refractivity contribution in [3.63, 3.8) is 0 Å². The summed E-state index contributed by atoms with van der Waals surface area (Å²) in [7, 11) is 1.39. The van der Waals surface area contributed by atoms with E-state index in [4.69, 9.17) is 21.7 Å². The lowest BCUT2D eigenvalue weighted by Gasteiger charge is -2.31. The van der Waals surface area contributed by atoms with Gasteiger partial charge >= 0.3 is 5.97 Å². The summed E-state index contributed by atoms with van der Waals surface area (Å²) >= 11 is 5.85. The van der Waals surface area contributed by atoms with E-state index in [1.54, 1.807) is 12.1 Å². The summed E-state index contributed by atoms with van der Waals surface area (Å²) in [6.45, 7) is 5.41. The predicted octanol–water partition coefficient (Wildman–Crippen LogP) is 3.35. The van der Waals surface area contributed by atoms with Crippen molar-refractivity contribution in [3.8, 4) is 5.69 Å². The molecule has 0 aliphatic carbocycles. The van der Waals surface area contributed by atoms with Gasteiger partial charge in [-0.05, 0) is 67.2 Å². The van der Waals surface area contributed by atoms with Crippen LogP contribution in [0.1, 0.15) is 40.3 Å². The minimum atomic E-state index is -0.346. The quantitative estimate of drug-likeness (QED) is 0.369. The zero-order chi connectivity index (χ0) is 24.9. The molecule has 0 saturated carbocycles. The van der Waals surface area contributed by atoms with E-state index in [2.05, 4.69) is 30.7 Å². The number of nitrogens with zero attached hydrogens (tertiary/aromatic N) is 4. The number of thiocarbonyl (C=S) groups is 1. The van der Waals surface area contributed by atoms with Gasteiger partial charge in [0.15, 0.2) is 5.11 Å². The molecule has 188 valence electrons. The van der Waals surface area contributed by atoms with Crippen LogP contribution < -0.4 is 5.32 Å². The molecule has 0 bridgehead atoms. The first-order valence-electron chi connectivity index (χ1n) is 12.3. The van der Waals surface area contributed by atoms with Crippen molar-refractivity contribution in [1.29, 1.82) is 0 Å². The Kier molecular flexibility index (Phi) is 7.60. The average molecular weight is 506 g/mol. The highest BCUT2D eigenvalue weighted by Gasteiger charge is 2.41. The highest BCUT2D eigenvalue weighted by molar-refractivity contribution is 7.80. The van der Waals surface area contributed by atoms with Gasteiger partial charge in [0.05, 0.1) is 43.7 Å². The third-order valence-corrected chi connectivity index (χ3v) is 7.18. The molecule has 5 rings (SSSR count). The number of benzene rings is 1. The Bertz CT molecular complexity index is 1180. The van der Waals surface area contributed by atoms with Gasteiger partial charge in [-0.1, -0.05) is 6.07 Å². The van der Waals surface area contributed by atoms with Crippen LogP contribution in [0.3, 0.4) is 0 Å². The Morgan fingerprint density at radius 2 is 1.92 bits per heavy atom. The molecule has 2 fully saturated rings. The summed E-state index contributed by atoms with van der Waals surface area (Å²) in [6, 6.07) is 17.5. The van der Waals surface area contributed by atoms with Crippen LogP contribution in [-0.4, -0.2) is 76.9 Å². The Morgan fingerprint density at radius 3 is 2.64 bits per heavy atom. The zero-order valence-electron chi connectivity index (χ0n) is 20.4. The number of carbonyl (C=O) groups excluding carboxylic acids is 1. The SMILES string of the molecule is COC(=O)c1ccc(-n2cccc2[C@@H]2[C@H](c3ccccn3)NC(=S)N2CCCN2CCOCC2)cc1. The van der Waals surface area contributed by atoms with Crippen molar-refractivity contribution in [3.05, 3.63) is 83.9 Å². The van der Waals surface area contributed by atoms with Gasteiger partial charge in [-0.2, -0.15) is 0 Å². The first kappa shape index (κ1) is 24.4. The molecule has 2 aliphatic heterocycles. The monoisotopic (exact) mass is 505 g/mol. The van der Waals surface area contributed by atoms with Gasteiger partial charge < -0.3 is 24.3 Å². The molecule has 0 spiro atoms. The molecule has 4 heterocycles. The highest BCUT2D eigenvalue weighted by atomic mass is 32.1. The van der Waals surface area contributed by atoms with Crippen LogP contribution in [0.25, 0.3) is 5.69 Å². The van der Waals surface area contributed by atoms with E-state index >= 15 is 0 Å². The van der Waals surface area contributed by atoms with Crippen LogP contribution in [0, 0.1) is 0 Å². The molecule has 1 aromatic carbocycles. The summed E-state index contributed by atoms with van der Waals surface area (Å²) in [5, 5.41) is 4.29. The molecule has 2 atom stereocenters. The van der Waals surface area contributed by atoms with E-state index in [1.165, 1.54) is 7.11 Å². The molecule has 2 aliphatic rings. The first-order valence-corrected chi connectivity index (χ1v) is 12.7. The van der Waals surface area contributed by atoms with Gasteiger partial charge in [-0.3, -0.25) is 9.88 Å². The number of morpholine rings is 1. The molecule has 9 heteroatoms. The van der Waals surface area contributed by atoms with Crippen molar-refractivity contribution in [2.75, 3.05) is 46.5 Å².